The molecule has 2 saturated heterocycles. The molecule has 1 aromatic rings. The van der Waals surface area contributed by atoms with Crippen LogP contribution in [0.2, 0.25) is 10.0 Å². The Morgan fingerprint density at radius 1 is 1.05 bits per heavy atom. The van der Waals surface area contributed by atoms with Gasteiger partial charge in [0.2, 0.25) is 0 Å². The molecule has 0 aliphatic carbocycles. The van der Waals surface area contributed by atoms with Gasteiger partial charge in [0.25, 0.3) is 0 Å². The van der Waals surface area contributed by atoms with Crippen LogP contribution in [0.4, 0.5) is 11.4 Å². The minimum absolute atomic E-state index is 0.386. The summed E-state index contributed by atoms with van der Waals surface area (Å²) in [5.74, 6) is -0.386. The molecule has 0 radical (unpaired) electrons. The van der Waals surface area contributed by atoms with Crippen molar-refractivity contribution in [3.05, 3.63) is 22.2 Å². The van der Waals surface area contributed by atoms with E-state index in [0.29, 0.717) is 28.9 Å². The number of hydrogen-bond acceptors (Lipinski definition) is 4. The van der Waals surface area contributed by atoms with Gasteiger partial charge < -0.3 is 20.1 Å². The topological polar surface area (TPSA) is 47.7 Å². The van der Waals surface area contributed by atoms with E-state index in [1.165, 1.54) is 0 Å². The van der Waals surface area contributed by atoms with Gasteiger partial charge in [-0.25, -0.2) is 0 Å². The minimum atomic E-state index is -0.386. The van der Waals surface area contributed by atoms with E-state index in [4.69, 9.17) is 38.4 Å². The standard InChI is InChI=1S/C13H16Cl2N2O2/c14-10-7-9(16)8-11(15)12(10)17-3-1-13(2-4-17)18-5-6-19-13/h7-8H,1-6,16H2. The predicted octanol–water partition coefficient (Wildman–Crippen LogP) is 2.92. The van der Waals surface area contributed by atoms with E-state index in [9.17, 15) is 0 Å². The predicted molar refractivity (Wildman–Crippen MR) is 77.0 cm³/mol. The quantitative estimate of drug-likeness (QED) is 0.810. The maximum atomic E-state index is 6.25. The highest BCUT2D eigenvalue weighted by atomic mass is 35.5. The molecule has 2 N–H and O–H groups in total. The summed E-state index contributed by atoms with van der Waals surface area (Å²) in [7, 11) is 0. The van der Waals surface area contributed by atoms with Crippen LogP contribution >= 0.6 is 23.2 Å². The third-order valence-electron chi connectivity index (χ3n) is 3.69. The highest BCUT2D eigenvalue weighted by molar-refractivity contribution is 6.39. The van der Waals surface area contributed by atoms with Gasteiger partial charge in [-0.15, -0.1) is 0 Å². The molecule has 0 saturated carbocycles. The second kappa shape index (κ2) is 5.02. The number of halogens is 2. The van der Waals surface area contributed by atoms with Gasteiger partial charge in [-0.1, -0.05) is 23.2 Å². The molecule has 1 spiro atoms. The number of benzene rings is 1. The highest BCUT2D eigenvalue weighted by Gasteiger charge is 2.40. The van der Waals surface area contributed by atoms with Crippen molar-refractivity contribution < 1.29 is 9.47 Å². The lowest BCUT2D eigenvalue weighted by Crippen LogP contribution is -2.45. The molecule has 0 aromatic heterocycles. The summed E-state index contributed by atoms with van der Waals surface area (Å²) in [6, 6.07) is 3.46. The summed E-state index contributed by atoms with van der Waals surface area (Å²) < 4.78 is 11.4. The number of ether oxygens (including phenoxy) is 2. The molecule has 2 aliphatic heterocycles. The maximum Gasteiger partial charge on any atom is 0.171 e. The summed E-state index contributed by atoms with van der Waals surface area (Å²) >= 11 is 12.5. The van der Waals surface area contributed by atoms with Crippen molar-refractivity contribution in [1.82, 2.24) is 0 Å². The number of hydrogen-bond donors (Lipinski definition) is 1. The van der Waals surface area contributed by atoms with Gasteiger partial charge in [-0.3, -0.25) is 0 Å². The fourth-order valence-corrected chi connectivity index (χ4v) is 3.49. The Balaban J connectivity index is 1.78. The lowest BCUT2D eigenvalue weighted by atomic mass is 10.0. The van der Waals surface area contributed by atoms with Crippen molar-refractivity contribution in [1.29, 1.82) is 0 Å². The maximum absolute atomic E-state index is 6.25. The number of nitrogens with two attached hydrogens (primary N) is 1. The van der Waals surface area contributed by atoms with Crippen LogP contribution in [0.1, 0.15) is 12.8 Å². The molecule has 0 atom stereocenters. The van der Waals surface area contributed by atoms with E-state index in [-0.39, 0.29) is 5.79 Å². The first-order valence-corrected chi connectivity index (χ1v) is 7.13. The molecule has 6 heteroatoms. The monoisotopic (exact) mass is 302 g/mol. The SMILES string of the molecule is Nc1cc(Cl)c(N2CCC3(CC2)OCCO3)c(Cl)c1. The molecule has 4 nitrogen and oxygen atoms in total. The van der Waals surface area contributed by atoms with E-state index >= 15 is 0 Å². The van der Waals surface area contributed by atoms with Gasteiger partial charge in [-0.2, -0.15) is 0 Å². The zero-order valence-corrected chi connectivity index (χ0v) is 12.0. The van der Waals surface area contributed by atoms with Crippen LogP contribution in [0.25, 0.3) is 0 Å². The Labute approximate surface area is 122 Å². The Hall–Kier alpha value is -0.680. The van der Waals surface area contributed by atoms with Crippen LogP contribution < -0.4 is 10.6 Å². The zero-order valence-electron chi connectivity index (χ0n) is 10.5. The first-order valence-electron chi connectivity index (χ1n) is 6.37. The van der Waals surface area contributed by atoms with Crippen LogP contribution in [-0.4, -0.2) is 32.1 Å². The largest absolute Gasteiger partial charge is 0.399 e. The molecule has 2 fully saturated rings. The molecule has 2 heterocycles. The first kappa shape index (κ1) is 13.3. The van der Waals surface area contributed by atoms with E-state index < -0.39 is 0 Å². The van der Waals surface area contributed by atoms with E-state index in [1.54, 1.807) is 12.1 Å². The Morgan fingerprint density at radius 2 is 1.58 bits per heavy atom. The number of nitrogen functional groups attached to an aromatic ring is 1. The minimum Gasteiger partial charge on any atom is -0.399 e. The van der Waals surface area contributed by atoms with Crippen molar-refractivity contribution in [2.75, 3.05) is 36.9 Å². The number of nitrogens with zero attached hydrogens (tertiary/aromatic N) is 1. The van der Waals surface area contributed by atoms with Crippen molar-refractivity contribution in [3.63, 3.8) is 0 Å². The zero-order chi connectivity index (χ0) is 13.5. The summed E-state index contributed by atoms with van der Waals surface area (Å²) in [6.07, 6.45) is 1.65. The van der Waals surface area contributed by atoms with E-state index in [1.807, 2.05) is 0 Å². The number of rotatable bonds is 1. The molecule has 19 heavy (non-hydrogen) atoms. The Morgan fingerprint density at radius 3 is 2.11 bits per heavy atom. The third kappa shape index (κ3) is 2.50. The van der Waals surface area contributed by atoms with Crippen molar-refractivity contribution in [2.45, 2.75) is 18.6 Å². The van der Waals surface area contributed by atoms with Crippen LogP contribution in [0.5, 0.6) is 0 Å². The summed E-state index contributed by atoms with van der Waals surface area (Å²) in [6.45, 7) is 2.99. The molecule has 0 unspecified atom stereocenters. The van der Waals surface area contributed by atoms with Crippen LogP contribution in [0.3, 0.4) is 0 Å². The summed E-state index contributed by atoms with van der Waals surface area (Å²) in [4.78, 5) is 2.17. The van der Waals surface area contributed by atoms with Crippen LogP contribution in [0.15, 0.2) is 12.1 Å². The lowest BCUT2D eigenvalue weighted by Gasteiger charge is -2.39. The normalized spacial score (nSPS) is 22.1. The summed E-state index contributed by atoms with van der Waals surface area (Å²) in [5.41, 5.74) is 7.16. The fraction of sp³-hybridized carbons (Fsp3) is 0.538. The van der Waals surface area contributed by atoms with E-state index in [0.717, 1.165) is 31.6 Å². The lowest BCUT2D eigenvalue weighted by molar-refractivity contribution is -0.169. The van der Waals surface area contributed by atoms with Crippen molar-refractivity contribution in [2.24, 2.45) is 0 Å². The van der Waals surface area contributed by atoms with Gasteiger partial charge >= 0.3 is 0 Å². The van der Waals surface area contributed by atoms with Crippen LogP contribution in [-0.2, 0) is 9.47 Å². The van der Waals surface area contributed by atoms with Gasteiger partial charge in [0.05, 0.1) is 28.9 Å². The Bertz CT molecular complexity index is 457. The highest BCUT2D eigenvalue weighted by Crippen LogP contribution is 2.40. The van der Waals surface area contributed by atoms with E-state index in [2.05, 4.69) is 4.90 Å². The average molecular weight is 303 g/mol. The number of piperidine rings is 1. The molecule has 2 aliphatic rings. The fourth-order valence-electron chi connectivity index (χ4n) is 2.74. The molecular formula is C13H16Cl2N2O2. The number of anilines is 2. The van der Waals surface area contributed by atoms with Gasteiger partial charge in [0, 0.05) is 31.6 Å². The van der Waals surface area contributed by atoms with Crippen LogP contribution in [0, 0.1) is 0 Å². The Kier molecular flexibility index (Phi) is 3.52. The second-order valence-electron chi connectivity index (χ2n) is 4.93. The summed E-state index contributed by atoms with van der Waals surface area (Å²) in [5, 5.41) is 1.18. The van der Waals surface area contributed by atoms with Gasteiger partial charge in [0.15, 0.2) is 5.79 Å². The molecule has 104 valence electrons. The smallest absolute Gasteiger partial charge is 0.171 e. The van der Waals surface area contributed by atoms with Crippen molar-refractivity contribution >= 4 is 34.6 Å². The first-order chi connectivity index (χ1) is 9.10. The van der Waals surface area contributed by atoms with Gasteiger partial charge in [0.1, 0.15) is 0 Å². The molecule has 1 aromatic carbocycles. The second-order valence-corrected chi connectivity index (χ2v) is 5.74. The third-order valence-corrected chi connectivity index (χ3v) is 4.27. The molecule has 0 bridgehead atoms. The van der Waals surface area contributed by atoms with Crippen molar-refractivity contribution in [3.8, 4) is 0 Å². The average Bonchev–Trinajstić information content (AvgIpc) is 2.79. The molecule has 3 rings (SSSR count). The molecule has 0 amide bonds. The van der Waals surface area contributed by atoms with Gasteiger partial charge in [-0.05, 0) is 12.1 Å². The molecular weight excluding hydrogens is 287 g/mol.